The summed E-state index contributed by atoms with van der Waals surface area (Å²) in [7, 11) is -1.64. The van der Waals surface area contributed by atoms with E-state index >= 15 is 0 Å². The van der Waals surface area contributed by atoms with Gasteiger partial charge in [-0.05, 0) is 35.8 Å². The molecule has 0 saturated carbocycles. The molecule has 3 heterocycles. The number of rotatable bonds is 6. The Hall–Kier alpha value is -1.42. The molecule has 1 saturated heterocycles. The van der Waals surface area contributed by atoms with Crippen molar-refractivity contribution >= 4 is 27.4 Å². The molecule has 1 atom stereocenters. The number of nitrogens with one attached hydrogen (secondary N) is 1. The first kappa shape index (κ1) is 19.3. The van der Waals surface area contributed by atoms with E-state index in [1.807, 2.05) is 0 Å². The fraction of sp³-hybridized carbons (Fsp3) is 0.588. The third kappa shape index (κ3) is 4.64. The van der Waals surface area contributed by atoms with Crippen molar-refractivity contribution in [1.29, 1.82) is 0 Å². The van der Waals surface area contributed by atoms with Gasteiger partial charge in [0.25, 0.3) is 10.0 Å². The highest BCUT2D eigenvalue weighted by Gasteiger charge is 2.33. The molecule has 2 aliphatic heterocycles. The zero-order valence-corrected chi connectivity index (χ0v) is 16.5. The molecule has 2 aliphatic rings. The maximum absolute atomic E-state index is 12.5. The monoisotopic (exact) mass is 399 g/mol. The molecular weight excluding hydrogens is 374 g/mol. The van der Waals surface area contributed by atoms with Crippen LogP contribution in [-0.4, -0.2) is 70.1 Å². The zero-order chi connectivity index (χ0) is 18.6. The van der Waals surface area contributed by atoms with Crippen molar-refractivity contribution in [3.05, 3.63) is 29.2 Å². The first-order valence-electron chi connectivity index (χ1n) is 8.75. The molecule has 0 aliphatic carbocycles. The number of thiophene rings is 1. The minimum Gasteiger partial charge on any atom is -0.377 e. The number of nitrogens with zero attached hydrogens (tertiary/aromatic N) is 2. The predicted molar refractivity (Wildman–Crippen MR) is 101 cm³/mol. The number of sulfonamides is 1. The minimum absolute atomic E-state index is 0.138. The summed E-state index contributed by atoms with van der Waals surface area (Å²) in [5.41, 5.74) is 1.11. The van der Waals surface area contributed by atoms with Crippen LogP contribution in [0.2, 0.25) is 0 Å². The van der Waals surface area contributed by atoms with Gasteiger partial charge in [0.1, 0.15) is 4.21 Å². The SMILES string of the molecule is CN(CC1=CCCOC1)C(=O)NCC1CCN(S(=O)(=O)c2cccs2)C1. The topological polar surface area (TPSA) is 79.0 Å². The summed E-state index contributed by atoms with van der Waals surface area (Å²) in [4.78, 5) is 13.9. The summed E-state index contributed by atoms with van der Waals surface area (Å²) in [6.07, 6.45) is 3.77. The van der Waals surface area contributed by atoms with Crippen molar-refractivity contribution in [2.75, 3.05) is 46.4 Å². The molecule has 144 valence electrons. The molecule has 3 rings (SSSR count). The van der Waals surface area contributed by atoms with E-state index in [9.17, 15) is 13.2 Å². The van der Waals surface area contributed by atoms with Crippen LogP contribution >= 0.6 is 11.3 Å². The quantitative estimate of drug-likeness (QED) is 0.739. The largest absolute Gasteiger partial charge is 0.377 e. The molecule has 0 aromatic carbocycles. The second kappa shape index (κ2) is 8.51. The van der Waals surface area contributed by atoms with E-state index in [2.05, 4.69) is 11.4 Å². The van der Waals surface area contributed by atoms with Crippen LogP contribution in [0, 0.1) is 5.92 Å². The summed E-state index contributed by atoms with van der Waals surface area (Å²) in [5, 5.41) is 4.69. The molecule has 2 amide bonds. The highest BCUT2D eigenvalue weighted by atomic mass is 32.2. The van der Waals surface area contributed by atoms with Gasteiger partial charge in [-0.1, -0.05) is 12.1 Å². The Balaban J connectivity index is 1.45. The van der Waals surface area contributed by atoms with Gasteiger partial charge in [0.05, 0.1) is 13.2 Å². The third-order valence-corrected chi connectivity index (χ3v) is 7.89. The highest BCUT2D eigenvalue weighted by Crippen LogP contribution is 2.26. The lowest BCUT2D eigenvalue weighted by atomic mass is 10.1. The molecule has 26 heavy (non-hydrogen) atoms. The van der Waals surface area contributed by atoms with Gasteiger partial charge in [0.2, 0.25) is 0 Å². The van der Waals surface area contributed by atoms with Crippen LogP contribution in [0.5, 0.6) is 0 Å². The highest BCUT2D eigenvalue weighted by molar-refractivity contribution is 7.91. The van der Waals surface area contributed by atoms with E-state index < -0.39 is 10.0 Å². The number of urea groups is 1. The number of carbonyl (C=O) groups excluding carboxylic acids is 1. The fourth-order valence-electron chi connectivity index (χ4n) is 3.18. The second-order valence-corrected chi connectivity index (χ2v) is 9.81. The molecule has 7 nitrogen and oxygen atoms in total. The number of likely N-dealkylation sites (N-methyl/N-ethyl adjacent to an activating group) is 1. The van der Waals surface area contributed by atoms with Crippen molar-refractivity contribution in [3.8, 4) is 0 Å². The molecule has 1 aromatic heterocycles. The lowest BCUT2D eigenvalue weighted by Crippen LogP contribution is -2.41. The van der Waals surface area contributed by atoms with Crippen LogP contribution in [0.25, 0.3) is 0 Å². The molecule has 9 heteroatoms. The van der Waals surface area contributed by atoms with Gasteiger partial charge in [-0.2, -0.15) is 4.31 Å². The first-order chi connectivity index (χ1) is 12.5. The van der Waals surface area contributed by atoms with E-state index in [0.717, 1.165) is 25.0 Å². The van der Waals surface area contributed by atoms with Crippen molar-refractivity contribution in [1.82, 2.24) is 14.5 Å². The van der Waals surface area contributed by atoms with Gasteiger partial charge >= 0.3 is 6.03 Å². The average molecular weight is 400 g/mol. The minimum atomic E-state index is -3.39. The number of hydrogen-bond donors (Lipinski definition) is 1. The summed E-state index contributed by atoms with van der Waals surface area (Å²) in [6, 6.07) is 3.23. The van der Waals surface area contributed by atoms with Gasteiger partial charge in [-0.15, -0.1) is 11.3 Å². The van der Waals surface area contributed by atoms with Crippen molar-refractivity contribution in [2.24, 2.45) is 5.92 Å². The van der Waals surface area contributed by atoms with E-state index in [-0.39, 0.29) is 11.9 Å². The van der Waals surface area contributed by atoms with Gasteiger partial charge in [0, 0.05) is 33.2 Å². The van der Waals surface area contributed by atoms with Crippen LogP contribution < -0.4 is 5.32 Å². The van der Waals surface area contributed by atoms with Gasteiger partial charge < -0.3 is 15.0 Å². The van der Waals surface area contributed by atoms with Crippen molar-refractivity contribution in [3.63, 3.8) is 0 Å². The summed E-state index contributed by atoms with van der Waals surface area (Å²) >= 11 is 1.24. The summed E-state index contributed by atoms with van der Waals surface area (Å²) in [6.45, 7) is 3.30. The van der Waals surface area contributed by atoms with Crippen LogP contribution in [0.15, 0.2) is 33.4 Å². The Kier molecular flexibility index (Phi) is 6.33. The normalized spacial score (nSPS) is 21.4. The second-order valence-electron chi connectivity index (χ2n) is 6.70. The standard InChI is InChI=1S/C17H25N3O4S2/c1-19(11-15-4-2-8-24-13-15)17(21)18-10-14-6-7-20(12-14)26(22,23)16-5-3-9-25-16/h3-5,9,14H,2,6-8,10-13H2,1H3,(H,18,21). The van der Waals surface area contributed by atoms with E-state index in [0.29, 0.717) is 37.0 Å². The lowest BCUT2D eigenvalue weighted by Gasteiger charge is -2.22. The molecule has 1 fully saturated rings. The van der Waals surface area contributed by atoms with Crippen LogP contribution in [0.4, 0.5) is 4.79 Å². The summed E-state index contributed by atoms with van der Waals surface area (Å²) < 4.78 is 32.4. The number of hydrogen-bond acceptors (Lipinski definition) is 5. The van der Waals surface area contributed by atoms with Crippen LogP contribution in [0.1, 0.15) is 12.8 Å². The van der Waals surface area contributed by atoms with E-state index in [1.54, 1.807) is 29.5 Å². The molecule has 0 bridgehead atoms. The maximum atomic E-state index is 12.5. The van der Waals surface area contributed by atoms with Gasteiger partial charge in [0.15, 0.2) is 0 Å². The Labute approximate surface area is 158 Å². The van der Waals surface area contributed by atoms with E-state index in [4.69, 9.17) is 4.74 Å². The Morgan fingerprint density at radius 2 is 2.35 bits per heavy atom. The Morgan fingerprint density at radius 1 is 1.50 bits per heavy atom. The van der Waals surface area contributed by atoms with Crippen molar-refractivity contribution in [2.45, 2.75) is 17.1 Å². The maximum Gasteiger partial charge on any atom is 0.317 e. The smallest absolute Gasteiger partial charge is 0.317 e. The fourth-order valence-corrected chi connectivity index (χ4v) is 5.86. The molecule has 1 aromatic rings. The first-order valence-corrected chi connectivity index (χ1v) is 11.1. The van der Waals surface area contributed by atoms with Gasteiger partial charge in [-0.25, -0.2) is 13.2 Å². The number of amides is 2. The van der Waals surface area contributed by atoms with Crippen LogP contribution in [0.3, 0.4) is 0 Å². The Morgan fingerprint density at radius 3 is 3.04 bits per heavy atom. The van der Waals surface area contributed by atoms with Crippen molar-refractivity contribution < 1.29 is 17.9 Å². The molecule has 1 unspecified atom stereocenters. The lowest BCUT2D eigenvalue weighted by molar-refractivity contribution is 0.144. The number of ether oxygens (including phenoxy) is 1. The Bertz CT molecular complexity index is 746. The number of carbonyl (C=O) groups is 1. The molecular formula is C17H25N3O4S2. The third-order valence-electron chi connectivity index (χ3n) is 4.65. The molecule has 1 N–H and O–H groups in total. The summed E-state index contributed by atoms with van der Waals surface area (Å²) in [5.74, 6) is 0.138. The van der Waals surface area contributed by atoms with Crippen LogP contribution in [-0.2, 0) is 14.8 Å². The van der Waals surface area contributed by atoms with Gasteiger partial charge in [-0.3, -0.25) is 0 Å². The average Bonchev–Trinajstić information content (AvgIpc) is 3.32. The zero-order valence-electron chi connectivity index (χ0n) is 14.9. The molecule has 0 radical (unpaired) electrons. The molecule has 0 spiro atoms. The van der Waals surface area contributed by atoms with E-state index in [1.165, 1.54) is 15.6 Å². The predicted octanol–water partition coefficient (Wildman–Crippen LogP) is 1.75.